The molecule has 0 aromatic carbocycles. The maximum Gasteiger partial charge on any atom is 0.0842 e. The molecular weight excluding hydrogens is 176 g/mol. The lowest BCUT2D eigenvalue weighted by Crippen LogP contribution is -2.39. The molecule has 0 spiro atoms. The van der Waals surface area contributed by atoms with Gasteiger partial charge in [-0.15, -0.1) is 5.10 Å². The van der Waals surface area contributed by atoms with Crippen LogP contribution in [0.15, 0.2) is 6.20 Å². The molecule has 0 radical (unpaired) electrons. The van der Waals surface area contributed by atoms with E-state index in [0.29, 0.717) is 6.04 Å². The maximum atomic E-state index is 4.09. The number of hydrogen-bond acceptors (Lipinski definition) is 3. The second-order valence-corrected chi connectivity index (χ2v) is 4.79. The van der Waals surface area contributed by atoms with E-state index in [0.717, 1.165) is 12.1 Å². The lowest BCUT2D eigenvalue weighted by Gasteiger charge is -2.29. The number of nitrogens with zero attached hydrogens (tertiary/aromatic N) is 3. The third-order valence-electron chi connectivity index (χ3n) is 2.46. The van der Waals surface area contributed by atoms with E-state index in [1.165, 1.54) is 0 Å². The average molecular weight is 196 g/mol. The van der Waals surface area contributed by atoms with Gasteiger partial charge in [0.05, 0.1) is 5.69 Å². The highest BCUT2D eigenvalue weighted by molar-refractivity contribution is 4.98. The molecule has 0 saturated heterocycles. The molecule has 0 bridgehead atoms. The van der Waals surface area contributed by atoms with Crippen LogP contribution in [0.5, 0.6) is 0 Å². The zero-order valence-corrected chi connectivity index (χ0v) is 9.70. The van der Waals surface area contributed by atoms with Crippen LogP contribution in [0.2, 0.25) is 0 Å². The van der Waals surface area contributed by atoms with E-state index < -0.39 is 0 Å². The zero-order chi connectivity index (χ0) is 10.8. The molecule has 4 nitrogen and oxygen atoms in total. The Kier molecular flexibility index (Phi) is 3.26. The molecule has 0 amide bonds. The van der Waals surface area contributed by atoms with Gasteiger partial charge in [0.25, 0.3) is 0 Å². The monoisotopic (exact) mass is 196 g/mol. The Morgan fingerprint density at radius 3 is 2.50 bits per heavy atom. The van der Waals surface area contributed by atoms with Gasteiger partial charge in [0.15, 0.2) is 0 Å². The second kappa shape index (κ2) is 4.09. The van der Waals surface area contributed by atoms with Crippen molar-refractivity contribution in [3.05, 3.63) is 11.9 Å². The highest BCUT2D eigenvalue weighted by atomic mass is 15.4. The van der Waals surface area contributed by atoms with E-state index in [-0.39, 0.29) is 5.41 Å². The Labute approximate surface area is 85.7 Å². The largest absolute Gasteiger partial charge is 0.316 e. The average Bonchev–Trinajstić information content (AvgIpc) is 2.45. The number of hydrogen-bond donors (Lipinski definition) is 1. The van der Waals surface area contributed by atoms with Gasteiger partial charge in [-0.05, 0) is 12.5 Å². The molecule has 14 heavy (non-hydrogen) atoms. The highest BCUT2D eigenvalue weighted by Crippen LogP contribution is 2.21. The van der Waals surface area contributed by atoms with Gasteiger partial charge in [0.2, 0.25) is 0 Å². The minimum absolute atomic E-state index is 0.242. The van der Waals surface area contributed by atoms with Gasteiger partial charge in [-0.1, -0.05) is 26.0 Å². The molecule has 0 fully saturated rings. The summed E-state index contributed by atoms with van der Waals surface area (Å²) in [5.41, 5.74) is 1.29. The Bertz CT molecular complexity index is 285. The van der Waals surface area contributed by atoms with Crippen molar-refractivity contribution in [3.63, 3.8) is 0 Å². The van der Waals surface area contributed by atoms with Crippen molar-refractivity contribution in [3.8, 4) is 0 Å². The molecule has 4 heteroatoms. The molecule has 1 unspecified atom stereocenters. The van der Waals surface area contributed by atoms with Gasteiger partial charge in [-0.25, -0.2) is 0 Å². The molecule has 1 aromatic heterocycles. The number of aryl methyl sites for hydroxylation is 1. The first kappa shape index (κ1) is 11.2. The molecule has 0 aliphatic rings. The third-order valence-corrected chi connectivity index (χ3v) is 2.46. The van der Waals surface area contributed by atoms with Crippen molar-refractivity contribution in [2.75, 3.05) is 7.05 Å². The maximum absolute atomic E-state index is 4.09. The number of likely N-dealkylation sites (N-methyl/N-ethyl adjacent to an activating group) is 1. The van der Waals surface area contributed by atoms with E-state index in [2.05, 4.69) is 36.4 Å². The van der Waals surface area contributed by atoms with Gasteiger partial charge in [-0.3, -0.25) is 4.68 Å². The van der Waals surface area contributed by atoms with Crippen LogP contribution in [0.4, 0.5) is 0 Å². The smallest absolute Gasteiger partial charge is 0.0842 e. The van der Waals surface area contributed by atoms with Crippen molar-refractivity contribution in [2.45, 2.75) is 33.2 Å². The highest BCUT2D eigenvalue weighted by Gasteiger charge is 2.23. The summed E-state index contributed by atoms with van der Waals surface area (Å²) in [6.45, 7) is 6.68. The lowest BCUT2D eigenvalue weighted by molar-refractivity contribution is 0.278. The van der Waals surface area contributed by atoms with E-state index in [9.17, 15) is 0 Å². The number of nitrogens with one attached hydrogen (secondary N) is 1. The first-order valence-electron chi connectivity index (χ1n) is 4.96. The molecular formula is C10H20N4. The molecule has 80 valence electrons. The predicted octanol–water partition coefficient (Wildman–Crippen LogP) is 0.992. The van der Waals surface area contributed by atoms with Crippen LogP contribution < -0.4 is 5.32 Å². The van der Waals surface area contributed by atoms with Gasteiger partial charge in [0, 0.05) is 25.7 Å². The van der Waals surface area contributed by atoms with Gasteiger partial charge >= 0.3 is 0 Å². The van der Waals surface area contributed by atoms with E-state index >= 15 is 0 Å². The van der Waals surface area contributed by atoms with Gasteiger partial charge < -0.3 is 5.32 Å². The summed E-state index contributed by atoms with van der Waals surface area (Å²) in [5.74, 6) is 0. The van der Waals surface area contributed by atoms with Gasteiger partial charge in [-0.2, -0.15) is 0 Å². The Balaban J connectivity index is 2.66. The van der Waals surface area contributed by atoms with E-state index in [1.807, 2.05) is 20.3 Å². The summed E-state index contributed by atoms with van der Waals surface area (Å²) in [6, 6.07) is 0.430. The first-order valence-corrected chi connectivity index (χ1v) is 4.96. The van der Waals surface area contributed by atoms with Crippen molar-refractivity contribution in [1.82, 2.24) is 20.3 Å². The summed E-state index contributed by atoms with van der Waals surface area (Å²) in [6.07, 6.45) is 2.89. The van der Waals surface area contributed by atoms with Crippen LogP contribution in [0, 0.1) is 5.41 Å². The molecule has 1 N–H and O–H groups in total. The van der Waals surface area contributed by atoms with Crippen LogP contribution in [-0.2, 0) is 13.5 Å². The fourth-order valence-electron chi connectivity index (χ4n) is 1.54. The van der Waals surface area contributed by atoms with Crippen molar-refractivity contribution in [1.29, 1.82) is 0 Å². The molecule has 0 saturated carbocycles. The van der Waals surface area contributed by atoms with Crippen molar-refractivity contribution < 1.29 is 0 Å². The van der Waals surface area contributed by atoms with Crippen molar-refractivity contribution >= 4 is 0 Å². The molecule has 1 heterocycles. The number of rotatable bonds is 3. The minimum atomic E-state index is 0.242. The summed E-state index contributed by atoms with van der Waals surface area (Å²) in [4.78, 5) is 0. The number of aromatic nitrogens is 3. The molecule has 1 atom stereocenters. The Morgan fingerprint density at radius 1 is 1.50 bits per heavy atom. The Hall–Kier alpha value is -0.900. The Morgan fingerprint density at radius 2 is 2.14 bits per heavy atom. The van der Waals surface area contributed by atoms with Crippen molar-refractivity contribution in [2.24, 2.45) is 12.5 Å². The van der Waals surface area contributed by atoms with Crippen LogP contribution in [0.1, 0.15) is 26.5 Å². The third kappa shape index (κ3) is 2.80. The standard InChI is InChI=1S/C10H20N4/c1-10(2,3)9(11-4)6-8-7-14(5)13-12-8/h7,9,11H,6H2,1-5H3. The summed E-state index contributed by atoms with van der Waals surface area (Å²) >= 11 is 0. The molecule has 0 aliphatic heterocycles. The van der Waals surface area contributed by atoms with Gasteiger partial charge in [0.1, 0.15) is 0 Å². The summed E-state index contributed by atoms with van der Waals surface area (Å²) in [5, 5.41) is 11.3. The molecule has 0 aliphatic carbocycles. The zero-order valence-electron chi connectivity index (χ0n) is 9.70. The first-order chi connectivity index (χ1) is 6.43. The second-order valence-electron chi connectivity index (χ2n) is 4.79. The van der Waals surface area contributed by atoms with Crippen LogP contribution in [0.25, 0.3) is 0 Å². The molecule has 1 rings (SSSR count). The normalized spacial score (nSPS) is 14.4. The van der Waals surface area contributed by atoms with Crippen LogP contribution in [0.3, 0.4) is 0 Å². The molecule has 1 aromatic rings. The fourth-order valence-corrected chi connectivity index (χ4v) is 1.54. The minimum Gasteiger partial charge on any atom is -0.316 e. The predicted molar refractivity (Wildman–Crippen MR) is 57.0 cm³/mol. The summed E-state index contributed by atoms with van der Waals surface area (Å²) < 4.78 is 1.74. The van der Waals surface area contributed by atoms with Crippen LogP contribution in [-0.4, -0.2) is 28.1 Å². The van der Waals surface area contributed by atoms with Crippen LogP contribution >= 0.6 is 0 Å². The lowest BCUT2D eigenvalue weighted by atomic mass is 9.84. The van der Waals surface area contributed by atoms with E-state index in [1.54, 1.807) is 4.68 Å². The fraction of sp³-hybridized carbons (Fsp3) is 0.800. The van der Waals surface area contributed by atoms with E-state index in [4.69, 9.17) is 0 Å². The quantitative estimate of drug-likeness (QED) is 0.784. The summed E-state index contributed by atoms with van der Waals surface area (Å²) in [7, 11) is 3.88. The SMILES string of the molecule is CNC(Cc1cn(C)nn1)C(C)(C)C. The topological polar surface area (TPSA) is 42.7 Å².